The molecule has 30 heavy (non-hydrogen) atoms. The number of rotatable bonds is 8. The average Bonchev–Trinajstić information content (AvgIpc) is 3.48. The minimum absolute atomic E-state index is 0.136. The Hall–Kier alpha value is -1.99. The number of nitrogens with zero attached hydrogens (tertiary/aromatic N) is 3. The first-order chi connectivity index (χ1) is 14.8. The molecule has 1 aliphatic heterocycles. The Morgan fingerprint density at radius 2 is 1.97 bits per heavy atom. The van der Waals surface area contributed by atoms with Crippen molar-refractivity contribution < 1.29 is 14.1 Å². The van der Waals surface area contributed by atoms with Crippen LogP contribution in [0.1, 0.15) is 31.2 Å². The second-order valence-electron chi connectivity index (χ2n) is 8.01. The van der Waals surface area contributed by atoms with E-state index in [9.17, 15) is 4.79 Å². The lowest BCUT2D eigenvalue weighted by Gasteiger charge is -2.29. The standard InChI is InChI=1S/C23H31N3O3S/c1-28-14-11-26(22(27)19-9-5-6-10-19)17-20-21(18-7-3-2-4-8-18)24-29-23(20)25-12-15-30-16-13-25/h2-4,7-8,19H,5-6,9-17H2,1H3. The van der Waals surface area contributed by atoms with Crippen LogP contribution in [0.25, 0.3) is 11.3 Å². The molecule has 4 rings (SSSR count). The number of aromatic nitrogens is 1. The Bertz CT molecular complexity index is 814. The maximum absolute atomic E-state index is 13.3. The smallest absolute Gasteiger partial charge is 0.232 e. The Labute approximate surface area is 182 Å². The zero-order valence-corrected chi connectivity index (χ0v) is 18.5. The molecule has 162 valence electrons. The van der Waals surface area contributed by atoms with Crippen molar-refractivity contribution in [1.29, 1.82) is 0 Å². The van der Waals surface area contributed by atoms with Crippen molar-refractivity contribution >= 4 is 23.6 Å². The Morgan fingerprint density at radius 3 is 2.67 bits per heavy atom. The topological polar surface area (TPSA) is 58.8 Å². The van der Waals surface area contributed by atoms with Crippen LogP contribution in [-0.2, 0) is 16.1 Å². The molecule has 2 heterocycles. The van der Waals surface area contributed by atoms with Crippen LogP contribution in [-0.4, -0.2) is 60.8 Å². The molecule has 1 aromatic heterocycles. The maximum Gasteiger partial charge on any atom is 0.232 e. The number of amides is 1. The van der Waals surface area contributed by atoms with E-state index >= 15 is 0 Å². The summed E-state index contributed by atoms with van der Waals surface area (Å²) in [6.45, 7) is 3.50. The van der Waals surface area contributed by atoms with E-state index in [1.807, 2.05) is 34.9 Å². The van der Waals surface area contributed by atoms with Gasteiger partial charge in [0.25, 0.3) is 0 Å². The van der Waals surface area contributed by atoms with Gasteiger partial charge in [-0.15, -0.1) is 0 Å². The van der Waals surface area contributed by atoms with Crippen molar-refractivity contribution in [3.05, 3.63) is 35.9 Å². The summed E-state index contributed by atoms with van der Waals surface area (Å²) >= 11 is 1.96. The highest BCUT2D eigenvalue weighted by atomic mass is 32.2. The Morgan fingerprint density at radius 1 is 1.23 bits per heavy atom. The lowest BCUT2D eigenvalue weighted by molar-refractivity contribution is -0.136. The van der Waals surface area contributed by atoms with E-state index in [1.165, 1.54) is 0 Å². The van der Waals surface area contributed by atoms with E-state index in [0.29, 0.717) is 19.7 Å². The first kappa shape index (κ1) is 21.2. The van der Waals surface area contributed by atoms with E-state index in [-0.39, 0.29) is 11.8 Å². The summed E-state index contributed by atoms with van der Waals surface area (Å²) in [5.74, 6) is 3.35. The second-order valence-corrected chi connectivity index (χ2v) is 9.24. The van der Waals surface area contributed by atoms with Crippen LogP contribution < -0.4 is 4.90 Å². The molecule has 1 saturated carbocycles. The number of hydrogen-bond donors (Lipinski definition) is 0. The van der Waals surface area contributed by atoms with E-state index in [0.717, 1.165) is 73.0 Å². The van der Waals surface area contributed by atoms with Gasteiger partial charge < -0.3 is 19.1 Å². The number of carbonyl (C=O) groups excluding carboxylic acids is 1. The van der Waals surface area contributed by atoms with Crippen molar-refractivity contribution in [2.75, 3.05) is 49.8 Å². The maximum atomic E-state index is 13.3. The van der Waals surface area contributed by atoms with E-state index in [2.05, 4.69) is 22.2 Å². The van der Waals surface area contributed by atoms with Gasteiger partial charge in [0, 0.05) is 49.7 Å². The predicted molar refractivity (Wildman–Crippen MR) is 121 cm³/mol. The number of carbonyl (C=O) groups is 1. The minimum Gasteiger partial charge on any atom is -0.383 e. The lowest BCUT2D eigenvalue weighted by atomic mass is 10.0. The molecule has 6 nitrogen and oxygen atoms in total. The van der Waals surface area contributed by atoms with Crippen molar-refractivity contribution in [3.8, 4) is 11.3 Å². The molecule has 1 aliphatic carbocycles. The average molecular weight is 430 g/mol. The normalized spacial score (nSPS) is 17.4. The van der Waals surface area contributed by atoms with Crippen molar-refractivity contribution in [1.82, 2.24) is 10.1 Å². The third-order valence-electron chi connectivity index (χ3n) is 6.04. The predicted octanol–water partition coefficient (Wildman–Crippen LogP) is 4.06. The minimum atomic E-state index is 0.136. The molecule has 2 aliphatic rings. The van der Waals surface area contributed by atoms with Crippen LogP contribution in [0.5, 0.6) is 0 Å². The fourth-order valence-electron chi connectivity index (χ4n) is 4.37. The number of ether oxygens (including phenoxy) is 1. The van der Waals surface area contributed by atoms with Gasteiger partial charge in [0.05, 0.1) is 18.7 Å². The molecule has 0 atom stereocenters. The zero-order chi connectivity index (χ0) is 20.8. The third-order valence-corrected chi connectivity index (χ3v) is 6.99. The summed E-state index contributed by atoms with van der Waals surface area (Å²) in [5.41, 5.74) is 2.87. The van der Waals surface area contributed by atoms with Gasteiger partial charge in [-0.05, 0) is 12.8 Å². The Kier molecular flexibility index (Phi) is 7.33. The molecular weight excluding hydrogens is 398 g/mol. The second kappa shape index (κ2) is 10.4. The molecule has 0 radical (unpaired) electrons. The van der Waals surface area contributed by atoms with Gasteiger partial charge in [-0.2, -0.15) is 11.8 Å². The van der Waals surface area contributed by atoms with Gasteiger partial charge in [-0.25, -0.2) is 0 Å². The third kappa shape index (κ3) is 4.83. The molecular formula is C23H31N3O3S. The van der Waals surface area contributed by atoms with Gasteiger partial charge in [0.15, 0.2) is 0 Å². The Balaban J connectivity index is 1.66. The highest BCUT2D eigenvalue weighted by molar-refractivity contribution is 7.99. The summed E-state index contributed by atoms with van der Waals surface area (Å²) in [6, 6.07) is 10.1. The summed E-state index contributed by atoms with van der Waals surface area (Å²) in [4.78, 5) is 17.6. The molecule has 1 saturated heterocycles. The van der Waals surface area contributed by atoms with Crippen molar-refractivity contribution in [3.63, 3.8) is 0 Å². The molecule has 0 N–H and O–H groups in total. The first-order valence-electron chi connectivity index (χ1n) is 10.9. The monoisotopic (exact) mass is 429 g/mol. The van der Waals surface area contributed by atoms with Crippen LogP contribution in [0, 0.1) is 5.92 Å². The SMILES string of the molecule is COCCN(Cc1c(-c2ccccc2)noc1N1CCSCC1)C(=O)C1CCCC1. The molecule has 2 fully saturated rings. The van der Waals surface area contributed by atoms with E-state index in [1.54, 1.807) is 7.11 Å². The first-order valence-corrected chi connectivity index (χ1v) is 12.1. The number of hydrogen-bond acceptors (Lipinski definition) is 6. The van der Waals surface area contributed by atoms with Gasteiger partial charge in [0.2, 0.25) is 11.8 Å². The molecule has 0 bridgehead atoms. The molecule has 1 aromatic carbocycles. The highest BCUT2D eigenvalue weighted by Gasteiger charge is 2.31. The van der Waals surface area contributed by atoms with Crippen LogP contribution in [0.2, 0.25) is 0 Å². The quantitative estimate of drug-likeness (QED) is 0.631. The number of methoxy groups -OCH3 is 1. The summed E-state index contributed by atoms with van der Waals surface area (Å²) in [5, 5.41) is 4.46. The van der Waals surface area contributed by atoms with Crippen molar-refractivity contribution in [2.24, 2.45) is 5.92 Å². The van der Waals surface area contributed by atoms with Crippen LogP contribution in [0.4, 0.5) is 5.88 Å². The van der Waals surface area contributed by atoms with E-state index < -0.39 is 0 Å². The van der Waals surface area contributed by atoms with E-state index in [4.69, 9.17) is 9.26 Å². The van der Waals surface area contributed by atoms with Gasteiger partial charge in [0.1, 0.15) is 5.69 Å². The molecule has 2 aromatic rings. The van der Waals surface area contributed by atoms with Gasteiger partial charge >= 0.3 is 0 Å². The molecule has 1 amide bonds. The number of thioether (sulfide) groups is 1. The summed E-state index contributed by atoms with van der Waals surface area (Å²) < 4.78 is 11.2. The zero-order valence-electron chi connectivity index (χ0n) is 17.7. The van der Waals surface area contributed by atoms with Gasteiger partial charge in [-0.3, -0.25) is 4.79 Å². The molecule has 7 heteroatoms. The molecule has 0 unspecified atom stereocenters. The number of anilines is 1. The van der Waals surface area contributed by atoms with Crippen molar-refractivity contribution in [2.45, 2.75) is 32.2 Å². The number of benzene rings is 1. The van der Waals surface area contributed by atoms with Crippen LogP contribution >= 0.6 is 11.8 Å². The van der Waals surface area contributed by atoms with Gasteiger partial charge in [-0.1, -0.05) is 48.3 Å². The van der Waals surface area contributed by atoms with Crippen LogP contribution in [0.3, 0.4) is 0 Å². The fourth-order valence-corrected chi connectivity index (χ4v) is 5.27. The van der Waals surface area contributed by atoms with Crippen LogP contribution in [0.15, 0.2) is 34.9 Å². The fraction of sp³-hybridized carbons (Fsp3) is 0.565. The highest BCUT2D eigenvalue weighted by Crippen LogP contribution is 2.35. The summed E-state index contributed by atoms with van der Waals surface area (Å²) in [7, 11) is 1.68. The lowest BCUT2D eigenvalue weighted by Crippen LogP contribution is -2.38. The largest absolute Gasteiger partial charge is 0.383 e. The summed E-state index contributed by atoms with van der Waals surface area (Å²) in [6.07, 6.45) is 4.28. The molecule has 0 spiro atoms.